The van der Waals surface area contributed by atoms with Crippen LogP contribution < -0.4 is 20.5 Å². The molecule has 1 aliphatic rings. The quantitative estimate of drug-likeness (QED) is 0.224. The van der Waals surface area contributed by atoms with Gasteiger partial charge in [0.25, 0.3) is 15.6 Å². The van der Waals surface area contributed by atoms with E-state index in [2.05, 4.69) is 10.3 Å². The molecule has 3 aromatic carbocycles. The van der Waals surface area contributed by atoms with Gasteiger partial charge < -0.3 is 19.9 Å². The van der Waals surface area contributed by atoms with Gasteiger partial charge in [-0.2, -0.15) is 4.98 Å². The van der Waals surface area contributed by atoms with E-state index in [1.54, 1.807) is 28.0 Å². The summed E-state index contributed by atoms with van der Waals surface area (Å²) in [5.41, 5.74) is 2.33. The minimum Gasteiger partial charge on any atom is -0.492 e. The maximum atomic E-state index is 15.1. The third kappa shape index (κ3) is 5.56. The molecule has 3 aromatic heterocycles. The van der Waals surface area contributed by atoms with Gasteiger partial charge in [0, 0.05) is 18.4 Å². The smallest absolute Gasteiger partial charge is 0.271 e. The van der Waals surface area contributed by atoms with Crippen molar-refractivity contribution in [1.82, 2.24) is 23.2 Å². The van der Waals surface area contributed by atoms with Gasteiger partial charge in [-0.15, -0.1) is 0 Å². The fourth-order valence-electron chi connectivity index (χ4n) is 6.23. The lowest BCUT2D eigenvalue weighted by molar-refractivity contribution is -0.119. The number of aromatic nitrogens is 4. The highest BCUT2D eigenvalue weighted by atomic mass is 32.2. The highest BCUT2D eigenvalue weighted by molar-refractivity contribution is 7.90. The summed E-state index contributed by atoms with van der Waals surface area (Å²) in [5, 5.41) is 3.21. The number of aryl methyl sites for hydroxylation is 2. The summed E-state index contributed by atoms with van der Waals surface area (Å²) in [4.78, 5) is 40.3. The Morgan fingerprint density at radius 3 is 2.57 bits per heavy atom. The molecule has 1 N–H and O–H groups in total. The molecule has 0 bridgehead atoms. The predicted molar refractivity (Wildman–Crippen MR) is 186 cm³/mol. The first kappa shape index (κ1) is 32.2. The Labute approximate surface area is 281 Å². The molecule has 252 valence electrons. The third-order valence-corrected chi connectivity index (χ3v) is 10.2. The number of nitrogens with zero attached hydrogens (tertiary/aromatic N) is 6. The second kappa shape index (κ2) is 12.3. The number of nitrogens with one attached hydrogen (secondary N) is 1. The third-order valence-electron chi connectivity index (χ3n) is 8.51. The molecule has 12 nitrogen and oxygen atoms in total. The van der Waals surface area contributed by atoms with Crippen molar-refractivity contribution < 1.29 is 22.3 Å². The molecule has 0 fully saturated rings. The fourth-order valence-corrected chi connectivity index (χ4v) is 7.52. The lowest BCUT2D eigenvalue weighted by atomic mass is 10.00. The van der Waals surface area contributed by atoms with Gasteiger partial charge in [-0.05, 0) is 88.8 Å². The van der Waals surface area contributed by atoms with Crippen molar-refractivity contribution in [3.05, 3.63) is 94.2 Å². The van der Waals surface area contributed by atoms with Crippen LogP contribution in [0.3, 0.4) is 0 Å². The summed E-state index contributed by atoms with van der Waals surface area (Å²) in [6.45, 7) is 4.75. The van der Waals surface area contributed by atoms with Gasteiger partial charge in [-0.3, -0.25) is 9.59 Å². The van der Waals surface area contributed by atoms with Gasteiger partial charge in [0.1, 0.15) is 17.0 Å². The number of benzene rings is 3. The number of anilines is 3. The van der Waals surface area contributed by atoms with Crippen LogP contribution in [0.5, 0.6) is 5.75 Å². The van der Waals surface area contributed by atoms with E-state index in [0.717, 1.165) is 32.3 Å². The molecule has 0 radical (unpaired) electrons. The Bertz CT molecular complexity index is 2460. The Morgan fingerprint density at radius 2 is 1.84 bits per heavy atom. The maximum absolute atomic E-state index is 15.1. The summed E-state index contributed by atoms with van der Waals surface area (Å²) >= 11 is 0. The van der Waals surface area contributed by atoms with Gasteiger partial charge >= 0.3 is 0 Å². The normalized spacial score (nSPS) is 13.4. The number of fused-ring (bicyclic) bond motifs is 5. The standard InChI is InChI=1S/C35H34FN7O5S/c1-5-48-29-18-22-8-7-16-41(30(44)20-40(3)4)28(22)19-27(29)38-35-39-32-24(15-17-42(32)49(46,47)23-13-11-21(2)12-14-23)33-37-26-10-6-9-25(36)31(26)34(45)43(33)35/h6,9-15,17-19H,5,7-8,16,20H2,1-4H3,(H,38,39). The van der Waals surface area contributed by atoms with Gasteiger partial charge in [0.15, 0.2) is 11.3 Å². The SMILES string of the molecule is CCOc1cc2c(cc1Nc1nc3c(ccn3S(=O)(=O)c3ccc(C)cc3)c3nc4cccc(F)c4c(=O)n13)N(C(=O)CN(C)C)CCC2. The van der Waals surface area contributed by atoms with Crippen molar-refractivity contribution in [1.29, 1.82) is 0 Å². The van der Waals surface area contributed by atoms with E-state index in [4.69, 9.17) is 9.72 Å². The molecule has 0 spiro atoms. The average Bonchev–Trinajstić information content (AvgIpc) is 3.50. The molecule has 1 aliphatic heterocycles. The number of carbonyl (C=O) groups is 1. The van der Waals surface area contributed by atoms with Crippen molar-refractivity contribution in [3.63, 3.8) is 0 Å². The molecule has 0 aliphatic carbocycles. The molecule has 1 amide bonds. The summed E-state index contributed by atoms with van der Waals surface area (Å²) in [6.07, 6.45) is 2.87. The molecule has 14 heteroatoms. The largest absolute Gasteiger partial charge is 0.492 e. The number of ether oxygens (including phenoxy) is 1. The summed E-state index contributed by atoms with van der Waals surface area (Å²) < 4.78 is 51.2. The number of hydrogen-bond donors (Lipinski definition) is 1. The lowest BCUT2D eigenvalue weighted by Crippen LogP contribution is -2.40. The number of rotatable bonds is 8. The molecule has 4 heterocycles. The molecule has 0 atom stereocenters. The zero-order chi connectivity index (χ0) is 34.6. The van der Waals surface area contributed by atoms with Crippen LogP contribution in [0.2, 0.25) is 0 Å². The molecule has 0 saturated carbocycles. The number of hydrogen-bond acceptors (Lipinski definition) is 9. The first-order valence-electron chi connectivity index (χ1n) is 15.8. The fraction of sp³-hybridized carbons (Fsp3) is 0.257. The Balaban J connectivity index is 1.49. The lowest BCUT2D eigenvalue weighted by Gasteiger charge is -2.31. The van der Waals surface area contributed by atoms with Crippen LogP contribution in [0.15, 0.2) is 76.6 Å². The van der Waals surface area contributed by atoms with Crippen molar-refractivity contribution in [2.45, 2.75) is 31.6 Å². The molecular formula is C35H34FN7O5S. The van der Waals surface area contributed by atoms with Crippen LogP contribution >= 0.6 is 0 Å². The second-order valence-corrected chi connectivity index (χ2v) is 14.0. The van der Waals surface area contributed by atoms with Crippen molar-refractivity contribution in [3.8, 4) is 5.75 Å². The van der Waals surface area contributed by atoms with Crippen LogP contribution in [0.4, 0.5) is 21.7 Å². The number of likely N-dealkylation sites (N-methyl/N-ethyl adjacent to an activating group) is 1. The minimum atomic E-state index is -4.13. The molecule has 7 rings (SSSR count). The Morgan fingerprint density at radius 1 is 1.06 bits per heavy atom. The highest BCUT2D eigenvalue weighted by Gasteiger charge is 2.27. The van der Waals surface area contributed by atoms with E-state index in [1.807, 2.05) is 34.0 Å². The van der Waals surface area contributed by atoms with Crippen molar-refractivity contribution in [2.75, 3.05) is 44.0 Å². The minimum absolute atomic E-state index is 0.00411. The average molecular weight is 684 g/mol. The Kier molecular flexibility index (Phi) is 8.07. The topological polar surface area (TPSA) is 131 Å². The highest BCUT2D eigenvalue weighted by Crippen LogP contribution is 2.39. The first-order chi connectivity index (χ1) is 23.5. The number of carbonyl (C=O) groups excluding carboxylic acids is 1. The van der Waals surface area contributed by atoms with E-state index in [9.17, 15) is 18.0 Å². The van der Waals surface area contributed by atoms with Crippen molar-refractivity contribution >= 4 is 60.8 Å². The van der Waals surface area contributed by atoms with Crippen LogP contribution in [0.1, 0.15) is 24.5 Å². The van der Waals surface area contributed by atoms with Crippen LogP contribution in [-0.2, 0) is 21.2 Å². The van der Waals surface area contributed by atoms with Gasteiger partial charge in [0.2, 0.25) is 11.9 Å². The monoisotopic (exact) mass is 683 g/mol. The van der Waals surface area contributed by atoms with E-state index < -0.39 is 21.4 Å². The Hall–Kier alpha value is -5.34. The predicted octanol–water partition coefficient (Wildman–Crippen LogP) is 4.87. The van der Waals surface area contributed by atoms with Crippen LogP contribution in [0.25, 0.3) is 27.6 Å². The van der Waals surface area contributed by atoms with Gasteiger partial charge in [-0.25, -0.2) is 26.2 Å². The van der Waals surface area contributed by atoms with Gasteiger partial charge in [0.05, 0.1) is 34.6 Å². The van der Waals surface area contributed by atoms with Crippen LogP contribution in [0, 0.1) is 12.7 Å². The summed E-state index contributed by atoms with van der Waals surface area (Å²) in [6, 6.07) is 15.7. The van der Waals surface area contributed by atoms with E-state index in [1.165, 1.54) is 42.6 Å². The van der Waals surface area contributed by atoms with E-state index in [0.29, 0.717) is 30.3 Å². The summed E-state index contributed by atoms with van der Waals surface area (Å²) in [7, 11) is -0.479. The molecule has 6 aromatic rings. The molecule has 0 unspecified atom stereocenters. The van der Waals surface area contributed by atoms with E-state index in [-0.39, 0.29) is 50.9 Å². The van der Waals surface area contributed by atoms with E-state index >= 15 is 4.39 Å². The number of amides is 1. The number of halogens is 1. The molecular weight excluding hydrogens is 649 g/mol. The first-order valence-corrected chi connectivity index (χ1v) is 17.3. The second-order valence-electron chi connectivity index (χ2n) is 12.2. The van der Waals surface area contributed by atoms with Crippen molar-refractivity contribution in [2.24, 2.45) is 0 Å². The molecule has 49 heavy (non-hydrogen) atoms. The van der Waals surface area contributed by atoms with Gasteiger partial charge in [-0.1, -0.05) is 23.8 Å². The van der Waals surface area contributed by atoms with Crippen LogP contribution in [-0.4, -0.2) is 71.4 Å². The zero-order valence-corrected chi connectivity index (χ0v) is 28.2. The maximum Gasteiger partial charge on any atom is 0.271 e. The zero-order valence-electron chi connectivity index (χ0n) is 27.4. The molecule has 0 saturated heterocycles. The summed E-state index contributed by atoms with van der Waals surface area (Å²) in [5.74, 6) is -0.512.